The van der Waals surface area contributed by atoms with E-state index >= 15 is 0 Å². The highest BCUT2D eigenvalue weighted by molar-refractivity contribution is 5.94. The normalized spacial score (nSPS) is 11.9. The molecular formula is C15H16N2O2. The van der Waals surface area contributed by atoms with E-state index in [2.05, 4.69) is 10.3 Å². The van der Waals surface area contributed by atoms with Gasteiger partial charge in [-0.3, -0.25) is 4.98 Å². The van der Waals surface area contributed by atoms with Gasteiger partial charge >= 0.3 is 5.97 Å². The summed E-state index contributed by atoms with van der Waals surface area (Å²) < 4.78 is 0. The molecule has 98 valence electrons. The third-order valence-electron chi connectivity index (χ3n) is 2.96. The van der Waals surface area contributed by atoms with Crippen molar-refractivity contribution in [3.8, 4) is 0 Å². The number of nitrogens with zero attached hydrogens (tertiary/aromatic N) is 1. The van der Waals surface area contributed by atoms with Gasteiger partial charge in [0.2, 0.25) is 0 Å². The van der Waals surface area contributed by atoms with Crippen molar-refractivity contribution in [1.82, 2.24) is 4.98 Å². The Morgan fingerprint density at radius 2 is 2.16 bits per heavy atom. The van der Waals surface area contributed by atoms with E-state index in [1.54, 1.807) is 24.5 Å². The third kappa shape index (κ3) is 3.10. The highest BCUT2D eigenvalue weighted by Gasteiger charge is 2.13. The lowest BCUT2D eigenvalue weighted by atomic mass is 10.1. The largest absolute Gasteiger partial charge is 0.478 e. The average Bonchev–Trinajstić information content (AvgIpc) is 2.39. The first-order valence-corrected chi connectivity index (χ1v) is 6.08. The van der Waals surface area contributed by atoms with E-state index < -0.39 is 5.97 Å². The second-order valence-corrected chi connectivity index (χ2v) is 4.51. The van der Waals surface area contributed by atoms with Crippen molar-refractivity contribution in [1.29, 1.82) is 0 Å². The summed E-state index contributed by atoms with van der Waals surface area (Å²) in [6.07, 6.45) is 3.49. The zero-order valence-corrected chi connectivity index (χ0v) is 10.9. The van der Waals surface area contributed by atoms with Crippen LogP contribution in [0.3, 0.4) is 0 Å². The first kappa shape index (κ1) is 13.1. The highest BCUT2D eigenvalue weighted by Crippen LogP contribution is 2.23. The summed E-state index contributed by atoms with van der Waals surface area (Å²) in [5.74, 6) is -0.930. The number of rotatable bonds is 4. The van der Waals surface area contributed by atoms with Crippen LogP contribution in [0.1, 0.15) is 34.5 Å². The second kappa shape index (κ2) is 5.52. The van der Waals surface area contributed by atoms with Crippen LogP contribution in [0.15, 0.2) is 42.7 Å². The maximum Gasteiger partial charge on any atom is 0.337 e. The molecule has 0 radical (unpaired) electrons. The number of pyridine rings is 1. The summed E-state index contributed by atoms with van der Waals surface area (Å²) in [6.45, 7) is 3.91. The van der Waals surface area contributed by atoms with Crippen LogP contribution >= 0.6 is 0 Å². The molecule has 0 aliphatic rings. The lowest BCUT2D eigenvalue weighted by molar-refractivity contribution is 0.0698. The fourth-order valence-corrected chi connectivity index (χ4v) is 1.91. The Morgan fingerprint density at radius 3 is 2.79 bits per heavy atom. The number of hydrogen-bond acceptors (Lipinski definition) is 3. The molecule has 2 aromatic rings. The van der Waals surface area contributed by atoms with Gasteiger partial charge in [-0.2, -0.15) is 0 Å². The summed E-state index contributed by atoms with van der Waals surface area (Å²) in [5, 5.41) is 12.4. The predicted octanol–water partition coefficient (Wildman–Crippen LogP) is 3.26. The maximum absolute atomic E-state index is 11.2. The number of aromatic carboxylic acids is 1. The van der Waals surface area contributed by atoms with E-state index in [1.165, 1.54) is 0 Å². The van der Waals surface area contributed by atoms with E-state index in [0.717, 1.165) is 11.1 Å². The number of carboxylic acids is 1. The molecule has 19 heavy (non-hydrogen) atoms. The summed E-state index contributed by atoms with van der Waals surface area (Å²) >= 11 is 0. The minimum atomic E-state index is -0.930. The van der Waals surface area contributed by atoms with Crippen LogP contribution in [0, 0.1) is 6.92 Å². The highest BCUT2D eigenvalue weighted by atomic mass is 16.4. The topological polar surface area (TPSA) is 62.2 Å². The Balaban J connectivity index is 2.28. The number of nitrogens with one attached hydrogen (secondary N) is 1. The van der Waals surface area contributed by atoms with Crippen LogP contribution in [0.25, 0.3) is 0 Å². The smallest absolute Gasteiger partial charge is 0.337 e. The lowest BCUT2D eigenvalue weighted by Crippen LogP contribution is -2.11. The van der Waals surface area contributed by atoms with Crippen LogP contribution in [0.4, 0.5) is 5.69 Å². The maximum atomic E-state index is 11.2. The molecule has 4 heteroatoms. The monoisotopic (exact) mass is 256 g/mol. The van der Waals surface area contributed by atoms with Crippen LogP contribution < -0.4 is 5.32 Å². The van der Waals surface area contributed by atoms with Crippen LogP contribution in [-0.2, 0) is 0 Å². The van der Waals surface area contributed by atoms with Gasteiger partial charge in [0.25, 0.3) is 0 Å². The predicted molar refractivity (Wildman–Crippen MR) is 74.4 cm³/mol. The van der Waals surface area contributed by atoms with E-state index in [-0.39, 0.29) is 11.6 Å². The molecule has 0 saturated carbocycles. The van der Waals surface area contributed by atoms with Crippen molar-refractivity contribution in [3.05, 3.63) is 59.4 Å². The zero-order chi connectivity index (χ0) is 13.8. The summed E-state index contributed by atoms with van der Waals surface area (Å²) in [7, 11) is 0. The molecule has 0 amide bonds. The summed E-state index contributed by atoms with van der Waals surface area (Å²) in [6, 6.07) is 9.08. The van der Waals surface area contributed by atoms with E-state index in [4.69, 9.17) is 0 Å². The molecule has 1 unspecified atom stereocenters. The van der Waals surface area contributed by atoms with Crippen molar-refractivity contribution in [2.75, 3.05) is 5.32 Å². The molecule has 0 saturated heterocycles. The number of benzene rings is 1. The van der Waals surface area contributed by atoms with Gasteiger partial charge in [-0.05, 0) is 43.2 Å². The van der Waals surface area contributed by atoms with Crippen molar-refractivity contribution >= 4 is 11.7 Å². The Kier molecular flexibility index (Phi) is 3.80. The minimum Gasteiger partial charge on any atom is -0.478 e. The molecular weight excluding hydrogens is 240 g/mol. The number of anilines is 1. The fourth-order valence-electron chi connectivity index (χ4n) is 1.91. The van der Waals surface area contributed by atoms with Crippen molar-refractivity contribution in [2.24, 2.45) is 0 Å². The van der Waals surface area contributed by atoms with Gasteiger partial charge in [-0.1, -0.05) is 12.1 Å². The molecule has 0 bridgehead atoms. The van der Waals surface area contributed by atoms with Crippen molar-refractivity contribution in [2.45, 2.75) is 19.9 Å². The van der Waals surface area contributed by atoms with Gasteiger partial charge < -0.3 is 10.4 Å². The molecule has 0 aliphatic carbocycles. The van der Waals surface area contributed by atoms with Crippen LogP contribution in [0.5, 0.6) is 0 Å². The first-order valence-electron chi connectivity index (χ1n) is 6.08. The number of aromatic nitrogens is 1. The van der Waals surface area contributed by atoms with Gasteiger partial charge in [-0.25, -0.2) is 4.79 Å². The Morgan fingerprint density at radius 1 is 1.37 bits per heavy atom. The van der Waals surface area contributed by atoms with Gasteiger partial charge in [0.05, 0.1) is 11.6 Å². The van der Waals surface area contributed by atoms with Crippen LogP contribution in [-0.4, -0.2) is 16.1 Å². The minimum absolute atomic E-state index is 0.00593. The fraction of sp³-hybridized carbons (Fsp3) is 0.200. The molecule has 4 nitrogen and oxygen atoms in total. The van der Waals surface area contributed by atoms with Gasteiger partial charge in [0.15, 0.2) is 0 Å². The second-order valence-electron chi connectivity index (χ2n) is 4.51. The molecule has 1 atom stereocenters. The number of carboxylic acid groups (broad SMARTS) is 1. The van der Waals surface area contributed by atoms with E-state index in [1.807, 2.05) is 32.0 Å². The SMILES string of the molecule is Cc1ccc(C(=O)O)c(NC(C)c2cccnc2)c1. The van der Waals surface area contributed by atoms with Crippen molar-refractivity contribution in [3.63, 3.8) is 0 Å². The molecule has 0 fully saturated rings. The van der Waals surface area contributed by atoms with Crippen molar-refractivity contribution < 1.29 is 9.90 Å². The van der Waals surface area contributed by atoms with E-state index in [9.17, 15) is 9.90 Å². The van der Waals surface area contributed by atoms with Crippen LogP contribution in [0.2, 0.25) is 0 Å². The summed E-state index contributed by atoms with van der Waals surface area (Å²) in [5.41, 5.74) is 2.94. The number of hydrogen-bond donors (Lipinski definition) is 2. The Bertz CT molecular complexity index is 582. The lowest BCUT2D eigenvalue weighted by Gasteiger charge is -2.17. The molecule has 0 spiro atoms. The molecule has 1 heterocycles. The van der Waals surface area contributed by atoms with Gasteiger partial charge in [0, 0.05) is 18.1 Å². The standard InChI is InChI=1S/C15H16N2O2/c1-10-5-6-13(15(18)19)14(8-10)17-11(2)12-4-3-7-16-9-12/h3-9,11,17H,1-2H3,(H,18,19). The summed E-state index contributed by atoms with van der Waals surface area (Å²) in [4.78, 5) is 15.3. The van der Waals surface area contributed by atoms with Gasteiger partial charge in [0.1, 0.15) is 0 Å². The Hall–Kier alpha value is -2.36. The third-order valence-corrected chi connectivity index (χ3v) is 2.96. The quantitative estimate of drug-likeness (QED) is 0.881. The molecule has 1 aromatic carbocycles. The number of aryl methyl sites for hydroxylation is 1. The molecule has 2 N–H and O–H groups in total. The molecule has 1 aromatic heterocycles. The number of carbonyl (C=O) groups is 1. The molecule has 2 rings (SSSR count). The van der Waals surface area contributed by atoms with Gasteiger partial charge in [-0.15, -0.1) is 0 Å². The van der Waals surface area contributed by atoms with E-state index in [0.29, 0.717) is 5.69 Å². The zero-order valence-electron chi connectivity index (χ0n) is 10.9. The first-order chi connectivity index (χ1) is 9.08. The Labute approximate surface area is 112 Å². The average molecular weight is 256 g/mol. The molecule has 0 aliphatic heterocycles.